The van der Waals surface area contributed by atoms with E-state index in [9.17, 15) is 0 Å². The Hall–Kier alpha value is -0.710. The van der Waals surface area contributed by atoms with E-state index in [1.807, 2.05) is 0 Å². The summed E-state index contributed by atoms with van der Waals surface area (Å²) in [6.07, 6.45) is 3.41. The molecule has 1 heterocycles. The Morgan fingerprint density at radius 1 is 1.28 bits per heavy atom. The molecule has 0 aliphatic heterocycles. The van der Waals surface area contributed by atoms with Crippen molar-refractivity contribution in [2.45, 2.75) is 25.3 Å². The van der Waals surface area contributed by atoms with Crippen LogP contribution in [0.2, 0.25) is 0 Å². The van der Waals surface area contributed by atoms with E-state index in [0.29, 0.717) is 6.04 Å². The Morgan fingerprint density at radius 3 is 2.67 bits per heavy atom. The van der Waals surface area contributed by atoms with E-state index >= 15 is 0 Å². The summed E-state index contributed by atoms with van der Waals surface area (Å²) in [6, 6.07) is 8.74. The Labute approximate surface area is 119 Å². The van der Waals surface area contributed by atoms with Crippen LogP contribution in [-0.4, -0.2) is 11.0 Å². The van der Waals surface area contributed by atoms with Gasteiger partial charge >= 0.3 is 0 Å². The van der Waals surface area contributed by atoms with Gasteiger partial charge in [-0.05, 0) is 30.9 Å². The van der Waals surface area contributed by atoms with Crippen molar-refractivity contribution in [1.29, 1.82) is 0 Å². The number of nitrogens with zero attached hydrogens (tertiary/aromatic N) is 1. The first kappa shape index (κ1) is 12.3. The van der Waals surface area contributed by atoms with Crippen molar-refractivity contribution in [2.24, 2.45) is 11.7 Å². The van der Waals surface area contributed by atoms with Gasteiger partial charge in [-0.1, -0.05) is 28.1 Å². The third-order valence-corrected chi connectivity index (χ3v) is 4.83. The predicted octanol–water partition coefficient (Wildman–Crippen LogP) is 3.85. The molecule has 18 heavy (non-hydrogen) atoms. The molecule has 0 radical (unpaired) electrons. The van der Waals surface area contributed by atoms with E-state index in [-0.39, 0.29) is 0 Å². The fourth-order valence-corrected chi connectivity index (χ4v) is 3.54. The van der Waals surface area contributed by atoms with Crippen LogP contribution in [0.5, 0.6) is 0 Å². The second-order valence-corrected chi connectivity index (χ2v) is 6.79. The van der Waals surface area contributed by atoms with E-state index in [1.165, 1.54) is 10.6 Å². The molecule has 94 valence electrons. The molecule has 0 atom stereocenters. The fourth-order valence-electron chi connectivity index (χ4n) is 2.36. The van der Waals surface area contributed by atoms with Crippen LogP contribution < -0.4 is 5.73 Å². The van der Waals surface area contributed by atoms with Crippen molar-refractivity contribution in [1.82, 2.24) is 4.98 Å². The van der Waals surface area contributed by atoms with Crippen molar-refractivity contribution >= 4 is 27.3 Å². The van der Waals surface area contributed by atoms with Crippen LogP contribution in [-0.2, 0) is 6.42 Å². The molecular formula is C14H15BrN2S. The molecule has 1 aromatic carbocycles. The molecule has 1 saturated carbocycles. The number of rotatable bonds is 3. The van der Waals surface area contributed by atoms with Gasteiger partial charge in [0, 0.05) is 27.9 Å². The Balaban J connectivity index is 1.71. The molecule has 0 unspecified atom stereocenters. The summed E-state index contributed by atoms with van der Waals surface area (Å²) in [4.78, 5) is 4.72. The van der Waals surface area contributed by atoms with Crippen molar-refractivity contribution in [3.8, 4) is 11.3 Å². The summed E-state index contributed by atoms with van der Waals surface area (Å²) < 4.78 is 1.10. The van der Waals surface area contributed by atoms with Crippen LogP contribution in [0.1, 0.15) is 17.8 Å². The predicted molar refractivity (Wildman–Crippen MR) is 79.7 cm³/mol. The van der Waals surface area contributed by atoms with E-state index in [1.54, 1.807) is 11.3 Å². The largest absolute Gasteiger partial charge is 0.328 e. The smallest absolute Gasteiger partial charge is 0.0935 e. The molecular weight excluding hydrogens is 308 g/mol. The first-order valence-corrected chi connectivity index (χ1v) is 7.84. The molecule has 1 fully saturated rings. The third-order valence-electron chi connectivity index (χ3n) is 3.43. The van der Waals surface area contributed by atoms with Crippen LogP contribution in [0.3, 0.4) is 0 Å². The molecule has 0 saturated heterocycles. The fraction of sp³-hybridized carbons (Fsp3) is 0.357. The van der Waals surface area contributed by atoms with Crippen molar-refractivity contribution in [3.63, 3.8) is 0 Å². The summed E-state index contributed by atoms with van der Waals surface area (Å²) in [6.45, 7) is 0. The van der Waals surface area contributed by atoms with Gasteiger partial charge in [0.2, 0.25) is 0 Å². The minimum Gasteiger partial charge on any atom is -0.328 e. The van der Waals surface area contributed by atoms with Crippen molar-refractivity contribution in [3.05, 3.63) is 39.1 Å². The zero-order valence-corrected chi connectivity index (χ0v) is 12.4. The van der Waals surface area contributed by atoms with Crippen LogP contribution in [0.4, 0.5) is 0 Å². The molecule has 0 amide bonds. The van der Waals surface area contributed by atoms with Gasteiger partial charge in [-0.15, -0.1) is 11.3 Å². The maximum Gasteiger partial charge on any atom is 0.0935 e. The zero-order valence-electron chi connectivity index (χ0n) is 9.97. The number of nitrogens with two attached hydrogens (primary N) is 1. The highest BCUT2D eigenvalue weighted by Gasteiger charge is 2.26. The Bertz CT molecular complexity index is 529. The van der Waals surface area contributed by atoms with Gasteiger partial charge in [-0.25, -0.2) is 4.98 Å². The summed E-state index contributed by atoms with van der Waals surface area (Å²) in [5.41, 5.74) is 8.09. The number of hydrogen-bond donors (Lipinski definition) is 1. The van der Waals surface area contributed by atoms with Gasteiger partial charge < -0.3 is 5.73 Å². The standard InChI is InChI=1S/C14H15BrN2S/c15-11-3-1-10(2-4-11)13-8-18-14(17-13)7-9-5-12(16)6-9/h1-4,8-9,12H,5-7,16H2. The Kier molecular flexibility index (Phi) is 3.50. The second kappa shape index (κ2) is 5.11. The molecule has 0 spiro atoms. The molecule has 2 N–H and O–H groups in total. The van der Waals surface area contributed by atoms with Gasteiger partial charge in [0.15, 0.2) is 0 Å². The molecule has 0 bridgehead atoms. The average molecular weight is 323 g/mol. The minimum absolute atomic E-state index is 0.431. The summed E-state index contributed by atoms with van der Waals surface area (Å²) >= 11 is 5.21. The lowest BCUT2D eigenvalue weighted by molar-refractivity contribution is 0.264. The molecule has 1 aromatic heterocycles. The van der Waals surface area contributed by atoms with Gasteiger partial charge in [-0.3, -0.25) is 0 Å². The number of benzene rings is 1. The highest BCUT2D eigenvalue weighted by atomic mass is 79.9. The maximum atomic E-state index is 5.81. The topological polar surface area (TPSA) is 38.9 Å². The second-order valence-electron chi connectivity index (χ2n) is 4.94. The van der Waals surface area contributed by atoms with E-state index in [2.05, 4.69) is 45.6 Å². The normalized spacial score (nSPS) is 22.8. The number of thiazole rings is 1. The highest BCUT2D eigenvalue weighted by molar-refractivity contribution is 9.10. The molecule has 2 nitrogen and oxygen atoms in total. The number of aromatic nitrogens is 1. The molecule has 3 rings (SSSR count). The zero-order chi connectivity index (χ0) is 12.5. The minimum atomic E-state index is 0.431. The quantitative estimate of drug-likeness (QED) is 0.932. The summed E-state index contributed by atoms with van der Waals surface area (Å²) in [5.74, 6) is 0.754. The van der Waals surface area contributed by atoms with E-state index < -0.39 is 0 Å². The lowest BCUT2D eigenvalue weighted by Crippen LogP contribution is -2.37. The van der Waals surface area contributed by atoms with Crippen molar-refractivity contribution < 1.29 is 0 Å². The average Bonchev–Trinajstić information content (AvgIpc) is 2.77. The van der Waals surface area contributed by atoms with Crippen LogP contribution in [0.25, 0.3) is 11.3 Å². The molecule has 4 heteroatoms. The Morgan fingerprint density at radius 2 is 2.00 bits per heavy atom. The summed E-state index contributed by atoms with van der Waals surface area (Å²) in [5, 5.41) is 3.39. The monoisotopic (exact) mass is 322 g/mol. The van der Waals surface area contributed by atoms with Crippen LogP contribution in [0, 0.1) is 5.92 Å². The van der Waals surface area contributed by atoms with Crippen LogP contribution >= 0.6 is 27.3 Å². The summed E-state index contributed by atoms with van der Waals surface area (Å²) in [7, 11) is 0. The first-order valence-electron chi connectivity index (χ1n) is 6.16. The third kappa shape index (κ3) is 2.66. The van der Waals surface area contributed by atoms with Gasteiger partial charge in [0.1, 0.15) is 0 Å². The van der Waals surface area contributed by atoms with Crippen molar-refractivity contribution in [2.75, 3.05) is 0 Å². The molecule has 2 aromatic rings. The molecule has 1 aliphatic carbocycles. The lowest BCUT2D eigenvalue weighted by atomic mass is 9.79. The van der Waals surface area contributed by atoms with Gasteiger partial charge in [0.05, 0.1) is 10.7 Å². The van der Waals surface area contributed by atoms with Crippen LogP contribution in [0.15, 0.2) is 34.1 Å². The maximum absolute atomic E-state index is 5.81. The van der Waals surface area contributed by atoms with E-state index in [0.717, 1.165) is 35.3 Å². The lowest BCUT2D eigenvalue weighted by Gasteiger charge is -2.31. The number of hydrogen-bond acceptors (Lipinski definition) is 3. The van der Waals surface area contributed by atoms with Gasteiger partial charge in [-0.2, -0.15) is 0 Å². The van der Waals surface area contributed by atoms with Gasteiger partial charge in [0.25, 0.3) is 0 Å². The SMILES string of the molecule is NC1CC(Cc2nc(-c3ccc(Br)cc3)cs2)C1. The highest BCUT2D eigenvalue weighted by Crippen LogP contribution is 2.31. The number of halogens is 1. The molecule has 1 aliphatic rings. The van der Waals surface area contributed by atoms with E-state index in [4.69, 9.17) is 10.7 Å². The first-order chi connectivity index (χ1) is 8.70.